The minimum Gasteiger partial charge on any atom is -0.313 e. The summed E-state index contributed by atoms with van der Waals surface area (Å²) < 4.78 is 0. The second-order valence-electron chi connectivity index (χ2n) is 6.77. The van der Waals surface area contributed by atoms with E-state index in [-0.39, 0.29) is 0 Å². The van der Waals surface area contributed by atoms with Gasteiger partial charge in [-0.1, -0.05) is 24.1 Å². The molecule has 0 bridgehead atoms. The lowest BCUT2D eigenvalue weighted by atomic mass is 9.88. The first-order valence-electron chi connectivity index (χ1n) is 7.90. The van der Waals surface area contributed by atoms with Crippen LogP contribution in [0.1, 0.15) is 52.7 Å². The number of Topliss-reactive ketones (excluding diaryl/α,β-unsaturated/α-hetero) is 1. The molecule has 1 aromatic carbocycles. The van der Waals surface area contributed by atoms with Gasteiger partial charge in [-0.05, 0) is 63.1 Å². The largest absolute Gasteiger partial charge is 0.313 e. The molecule has 2 fully saturated rings. The van der Waals surface area contributed by atoms with Crippen LogP contribution in [0.3, 0.4) is 0 Å². The fourth-order valence-corrected chi connectivity index (χ4v) is 4.45. The van der Waals surface area contributed by atoms with Crippen molar-refractivity contribution in [2.45, 2.75) is 52.5 Å². The SMILES string of the molecule is Cc1cc(C)c(C(=O)CC2NCC3CCCC32)c(C)c1. The van der Waals surface area contributed by atoms with Crippen LogP contribution in [0.4, 0.5) is 0 Å². The third-order valence-electron chi connectivity index (χ3n) is 5.24. The predicted molar refractivity (Wildman–Crippen MR) is 82.2 cm³/mol. The van der Waals surface area contributed by atoms with Crippen molar-refractivity contribution >= 4 is 5.78 Å². The number of ketones is 1. The summed E-state index contributed by atoms with van der Waals surface area (Å²) in [5.74, 6) is 1.89. The molecule has 2 heteroatoms. The number of carbonyl (C=O) groups is 1. The molecule has 1 saturated carbocycles. The van der Waals surface area contributed by atoms with Crippen LogP contribution in [0.5, 0.6) is 0 Å². The van der Waals surface area contributed by atoms with E-state index < -0.39 is 0 Å². The van der Waals surface area contributed by atoms with Gasteiger partial charge in [0.15, 0.2) is 5.78 Å². The van der Waals surface area contributed by atoms with E-state index in [0.29, 0.717) is 18.2 Å². The normalized spacial score (nSPS) is 28.6. The molecule has 1 saturated heterocycles. The monoisotopic (exact) mass is 271 g/mol. The number of hydrogen-bond donors (Lipinski definition) is 1. The molecule has 1 aliphatic carbocycles. The number of aryl methyl sites for hydroxylation is 3. The lowest BCUT2D eigenvalue weighted by Gasteiger charge is -2.19. The Morgan fingerprint density at radius 2 is 1.90 bits per heavy atom. The standard InChI is InChI=1S/C18H25NO/c1-11-7-12(2)18(13(3)8-11)17(20)9-16-15-6-4-5-14(15)10-19-16/h7-8,14-16,19H,4-6,9-10H2,1-3H3. The predicted octanol–water partition coefficient (Wildman–Crippen LogP) is 3.57. The maximum atomic E-state index is 12.7. The summed E-state index contributed by atoms with van der Waals surface area (Å²) in [5.41, 5.74) is 4.46. The maximum Gasteiger partial charge on any atom is 0.164 e. The van der Waals surface area contributed by atoms with Crippen molar-refractivity contribution in [3.8, 4) is 0 Å². The Morgan fingerprint density at radius 3 is 2.60 bits per heavy atom. The summed E-state index contributed by atoms with van der Waals surface area (Å²) in [6.07, 6.45) is 4.68. The van der Waals surface area contributed by atoms with Crippen molar-refractivity contribution in [3.05, 3.63) is 34.4 Å². The number of benzene rings is 1. The molecule has 3 unspecified atom stereocenters. The Balaban J connectivity index is 1.77. The Morgan fingerprint density at radius 1 is 1.20 bits per heavy atom. The molecule has 1 aliphatic heterocycles. The number of carbonyl (C=O) groups excluding carboxylic acids is 1. The van der Waals surface area contributed by atoms with Gasteiger partial charge < -0.3 is 5.32 Å². The van der Waals surface area contributed by atoms with Crippen LogP contribution in [0.15, 0.2) is 12.1 Å². The topological polar surface area (TPSA) is 29.1 Å². The number of fused-ring (bicyclic) bond motifs is 1. The van der Waals surface area contributed by atoms with E-state index in [2.05, 4.69) is 38.2 Å². The van der Waals surface area contributed by atoms with Crippen molar-refractivity contribution in [3.63, 3.8) is 0 Å². The van der Waals surface area contributed by atoms with Gasteiger partial charge in [-0.2, -0.15) is 0 Å². The fraction of sp³-hybridized carbons (Fsp3) is 0.611. The highest BCUT2D eigenvalue weighted by molar-refractivity contribution is 5.99. The van der Waals surface area contributed by atoms with Crippen LogP contribution >= 0.6 is 0 Å². The van der Waals surface area contributed by atoms with E-state index in [4.69, 9.17) is 0 Å². The molecule has 20 heavy (non-hydrogen) atoms. The molecule has 0 radical (unpaired) electrons. The molecular weight excluding hydrogens is 246 g/mol. The first kappa shape index (κ1) is 13.8. The van der Waals surface area contributed by atoms with Gasteiger partial charge in [0.2, 0.25) is 0 Å². The number of nitrogens with one attached hydrogen (secondary N) is 1. The molecule has 0 spiro atoms. The molecular formula is C18H25NO. The second-order valence-corrected chi connectivity index (χ2v) is 6.77. The molecule has 1 N–H and O–H groups in total. The zero-order valence-electron chi connectivity index (χ0n) is 12.8. The van der Waals surface area contributed by atoms with Crippen molar-refractivity contribution in [2.24, 2.45) is 11.8 Å². The second kappa shape index (κ2) is 5.33. The van der Waals surface area contributed by atoms with Gasteiger partial charge >= 0.3 is 0 Å². The Labute approximate surface area is 122 Å². The molecule has 1 aromatic rings. The average Bonchev–Trinajstić information content (AvgIpc) is 2.92. The van der Waals surface area contributed by atoms with Crippen LogP contribution in [0.25, 0.3) is 0 Å². The third-order valence-corrected chi connectivity index (χ3v) is 5.24. The highest BCUT2D eigenvalue weighted by atomic mass is 16.1. The molecule has 0 amide bonds. The van der Waals surface area contributed by atoms with E-state index in [1.54, 1.807) is 0 Å². The van der Waals surface area contributed by atoms with Crippen LogP contribution in [-0.2, 0) is 0 Å². The van der Waals surface area contributed by atoms with Gasteiger partial charge in [-0.25, -0.2) is 0 Å². The highest BCUT2D eigenvalue weighted by Crippen LogP contribution is 2.39. The minimum atomic E-state index is 0.324. The van der Waals surface area contributed by atoms with Gasteiger partial charge in [0, 0.05) is 18.0 Å². The highest BCUT2D eigenvalue weighted by Gasteiger charge is 2.39. The van der Waals surface area contributed by atoms with Crippen LogP contribution in [0, 0.1) is 32.6 Å². The van der Waals surface area contributed by atoms with E-state index in [0.717, 1.165) is 35.1 Å². The van der Waals surface area contributed by atoms with E-state index in [9.17, 15) is 4.79 Å². The van der Waals surface area contributed by atoms with Crippen LogP contribution in [-0.4, -0.2) is 18.4 Å². The van der Waals surface area contributed by atoms with Crippen LogP contribution < -0.4 is 5.32 Å². The summed E-state index contributed by atoms with van der Waals surface area (Å²) in [6.45, 7) is 7.34. The summed E-state index contributed by atoms with van der Waals surface area (Å²) in [4.78, 5) is 12.7. The van der Waals surface area contributed by atoms with E-state index in [1.807, 2.05) is 0 Å². The summed E-state index contributed by atoms with van der Waals surface area (Å²) in [6, 6.07) is 4.66. The van der Waals surface area contributed by atoms with Crippen molar-refractivity contribution in [2.75, 3.05) is 6.54 Å². The lowest BCUT2D eigenvalue weighted by Crippen LogP contribution is -2.30. The molecule has 1 heterocycles. The van der Waals surface area contributed by atoms with Crippen molar-refractivity contribution in [1.29, 1.82) is 0 Å². The molecule has 2 nitrogen and oxygen atoms in total. The summed E-state index contributed by atoms with van der Waals surface area (Å²) >= 11 is 0. The lowest BCUT2D eigenvalue weighted by molar-refractivity contribution is 0.0962. The van der Waals surface area contributed by atoms with Gasteiger partial charge in [0.1, 0.15) is 0 Å². The van der Waals surface area contributed by atoms with Gasteiger partial charge in [-0.3, -0.25) is 4.79 Å². The molecule has 2 aliphatic rings. The molecule has 0 aromatic heterocycles. The zero-order chi connectivity index (χ0) is 14.3. The average molecular weight is 271 g/mol. The minimum absolute atomic E-state index is 0.324. The van der Waals surface area contributed by atoms with Crippen molar-refractivity contribution < 1.29 is 4.79 Å². The van der Waals surface area contributed by atoms with Gasteiger partial charge in [0.25, 0.3) is 0 Å². The molecule has 108 valence electrons. The maximum absolute atomic E-state index is 12.7. The van der Waals surface area contributed by atoms with Crippen LogP contribution in [0.2, 0.25) is 0 Å². The Bertz CT molecular complexity index is 511. The van der Waals surface area contributed by atoms with Crippen molar-refractivity contribution in [1.82, 2.24) is 5.32 Å². The smallest absolute Gasteiger partial charge is 0.164 e. The number of hydrogen-bond acceptors (Lipinski definition) is 2. The first-order chi connectivity index (χ1) is 9.56. The quantitative estimate of drug-likeness (QED) is 0.851. The van der Waals surface area contributed by atoms with E-state index >= 15 is 0 Å². The van der Waals surface area contributed by atoms with Gasteiger partial charge in [0.05, 0.1) is 0 Å². The number of rotatable bonds is 3. The zero-order valence-corrected chi connectivity index (χ0v) is 12.8. The van der Waals surface area contributed by atoms with E-state index in [1.165, 1.54) is 24.8 Å². The third kappa shape index (κ3) is 2.42. The summed E-state index contributed by atoms with van der Waals surface area (Å²) in [7, 11) is 0. The molecule has 3 atom stereocenters. The Hall–Kier alpha value is -1.15. The fourth-order valence-electron chi connectivity index (χ4n) is 4.45. The van der Waals surface area contributed by atoms with Gasteiger partial charge in [-0.15, -0.1) is 0 Å². The Kier molecular flexibility index (Phi) is 3.68. The first-order valence-corrected chi connectivity index (χ1v) is 7.90. The summed E-state index contributed by atoms with van der Waals surface area (Å²) in [5, 5.41) is 3.59. The molecule has 3 rings (SSSR count).